The van der Waals surface area contributed by atoms with Crippen molar-refractivity contribution in [3.63, 3.8) is 0 Å². The van der Waals surface area contributed by atoms with Crippen molar-refractivity contribution in [3.05, 3.63) is 16.5 Å². The quantitative estimate of drug-likeness (QED) is 0.754. The average Bonchev–Trinajstić information content (AvgIpc) is 3.07. The average molecular weight is 254 g/mol. The van der Waals surface area contributed by atoms with E-state index in [4.69, 9.17) is 11.6 Å². The summed E-state index contributed by atoms with van der Waals surface area (Å²) >= 11 is 6.14. The van der Waals surface area contributed by atoms with Crippen LogP contribution in [0.25, 0.3) is 0 Å². The van der Waals surface area contributed by atoms with Crippen molar-refractivity contribution in [2.45, 2.75) is 40.0 Å². The van der Waals surface area contributed by atoms with Gasteiger partial charge in [0.1, 0.15) is 16.8 Å². The van der Waals surface area contributed by atoms with Crippen molar-refractivity contribution in [2.75, 3.05) is 18.0 Å². The highest BCUT2D eigenvalue weighted by Gasteiger charge is 2.25. The summed E-state index contributed by atoms with van der Waals surface area (Å²) in [5.41, 5.74) is 1.01. The van der Waals surface area contributed by atoms with Gasteiger partial charge in [-0.2, -0.15) is 0 Å². The van der Waals surface area contributed by atoms with Gasteiger partial charge in [0.05, 0.1) is 0 Å². The van der Waals surface area contributed by atoms with Gasteiger partial charge in [-0.25, -0.2) is 9.97 Å². The largest absolute Gasteiger partial charge is 0.356 e. The van der Waals surface area contributed by atoms with Crippen molar-refractivity contribution < 1.29 is 0 Å². The molecule has 1 saturated carbocycles. The third kappa shape index (κ3) is 3.09. The molecule has 0 atom stereocenters. The zero-order valence-electron chi connectivity index (χ0n) is 10.8. The predicted octanol–water partition coefficient (Wildman–Crippen LogP) is 3.37. The van der Waals surface area contributed by atoms with E-state index in [1.807, 2.05) is 13.8 Å². The molecule has 1 heterocycles. The van der Waals surface area contributed by atoms with Crippen LogP contribution in [0.1, 0.15) is 37.6 Å². The summed E-state index contributed by atoms with van der Waals surface area (Å²) in [5, 5.41) is 0.587. The summed E-state index contributed by atoms with van der Waals surface area (Å²) in [5.74, 6) is 2.64. The number of hydrogen-bond acceptors (Lipinski definition) is 3. The molecule has 0 aromatic carbocycles. The minimum Gasteiger partial charge on any atom is -0.356 e. The Kier molecular flexibility index (Phi) is 3.87. The Hall–Kier alpha value is -0.830. The van der Waals surface area contributed by atoms with E-state index in [2.05, 4.69) is 21.8 Å². The van der Waals surface area contributed by atoms with Crippen LogP contribution in [0.15, 0.2) is 0 Å². The molecule has 17 heavy (non-hydrogen) atoms. The summed E-state index contributed by atoms with van der Waals surface area (Å²) in [4.78, 5) is 11.1. The van der Waals surface area contributed by atoms with E-state index in [-0.39, 0.29) is 0 Å². The molecule has 0 radical (unpaired) electrons. The lowest BCUT2D eigenvalue weighted by Gasteiger charge is -2.25. The fourth-order valence-electron chi connectivity index (χ4n) is 2.05. The molecule has 2 rings (SSSR count). The van der Waals surface area contributed by atoms with Crippen LogP contribution in [-0.2, 0) is 0 Å². The van der Waals surface area contributed by atoms with Gasteiger partial charge >= 0.3 is 0 Å². The topological polar surface area (TPSA) is 29.0 Å². The first-order valence-electron chi connectivity index (χ1n) is 6.37. The minimum atomic E-state index is 0.587. The van der Waals surface area contributed by atoms with Crippen LogP contribution in [0, 0.1) is 19.8 Å². The molecule has 0 saturated heterocycles. The molecule has 1 fully saturated rings. The predicted molar refractivity (Wildman–Crippen MR) is 71.7 cm³/mol. The molecule has 0 unspecified atom stereocenters. The van der Waals surface area contributed by atoms with Crippen LogP contribution in [0.2, 0.25) is 5.15 Å². The van der Waals surface area contributed by atoms with Crippen molar-refractivity contribution in [3.8, 4) is 0 Å². The highest BCUT2D eigenvalue weighted by molar-refractivity contribution is 6.30. The third-order valence-electron chi connectivity index (χ3n) is 3.14. The Morgan fingerprint density at radius 2 is 2.00 bits per heavy atom. The molecule has 3 nitrogen and oxygen atoms in total. The number of rotatable bonds is 5. The first-order chi connectivity index (χ1) is 8.11. The fraction of sp³-hybridized carbons (Fsp3) is 0.692. The van der Waals surface area contributed by atoms with Crippen LogP contribution in [0.4, 0.5) is 5.82 Å². The standard InChI is InChI=1S/C13H20ClN3/c1-4-7-17(8-11-5-6-11)13-9(2)12(14)15-10(3)16-13/h11H,4-8H2,1-3H3. The Balaban J connectivity index is 2.26. The maximum atomic E-state index is 6.14. The summed E-state index contributed by atoms with van der Waals surface area (Å²) in [6.45, 7) is 8.26. The van der Waals surface area contributed by atoms with Gasteiger partial charge in [-0.05, 0) is 39.0 Å². The molecule has 0 N–H and O–H groups in total. The van der Waals surface area contributed by atoms with Crippen molar-refractivity contribution in [2.24, 2.45) is 5.92 Å². The highest BCUT2D eigenvalue weighted by Crippen LogP contribution is 2.32. The lowest BCUT2D eigenvalue weighted by atomic mass is 10.2. The zero-order chi connectivity index (χ0) is 12.4. The summed E-state index contributed by atoms with van der Waals surface area (Å²) in [7, 11) is 0. The van der Waals surface area contributed by atoms with Crippen LogP contribution >= 0.6 is 11.6 Å². The molecule has 1 aromatic rings. The molecule has 94 valence electrons. The monoisotopic (exact) mass is 253 g/mol. The van der Waals surface area contributed by atoms with E-state index in [1.165, 1.54) is 12.8 Å². The normalized spacial score (nSPS) is 15.1. The van der Waals surface area contributed by atoms with Crippen molar-refractivity contribution in [1.82, 2.24) is 9.97 Å². The zero-order valence-corrected chi connectivity index (χ0v) is 11.6. The van der Waals surface area contributed by atoms with Crippen LogP contribution < -0.4 is 4.90 Å². The van der Waals surface area contributed by atoms with E-state index in [0.29, 0.717) is 5.15 Å². The SMILES string of the molecule is CCCN(CC1CC1)c1nc(C)nc(Cl)c1C. The lowest BCUT2D eigenvalue weighted by Crippen LogP contribution is -2.28. The first-order valence-corrected chi connectivity index (χ1v) is 6.75. The molecule has 4 heteroatoms. The van der Waals surface area contributed by atoms with Crippen LogP contribution in [-0.4, -0.2) is 23.1 Å². The van der Waals surface area contributed by atoms with Gasteiger partial charge in [-0.1, -0.05) is 18.5 Å². The Labute approximate surface area is 108 Å². The van der Waals surface area contributed by atoms with E-state index < -0.39 is 0 Å². The summed E-state index contributed by atoms with van der Waals surface area (Å²) in [6.07, 6.45) is 3.85. The first kappa shape index (κ1) is 12.6. The number of nitrogens with zero attached hydrogens (tertiary/aromatic N) is 3. The third-order valence-corrected chi connectivity index (χ3v) is 3.51. The molecular weight excluding hydrogens is 234 g/mol. The second-order valence-corrected chi connectivity index (χ2v) is 5.26. The van der Waals surface area contributed by atoms with Gasteiger partial charge in [0.25, 0.3) is 0 Å². The van der Waals surface area contributed by atoms with Crippen molar-refractivity contribution in [1.29, 1.82) is 0 Å². The van der Waals surface area contributed by atoms with Crippen LogP contribution in [0.3, 0.4) is 0 Å². The number of halogens is 1. The maximum absolute atomic E-state index is 6.14. The molecule has 0 aliphatic heterocycles. The van der Waals surface area contributed by atoms with E-state index in [0.717, 1.165) is 42.6 Å². The van der Waals surface area contributed by atoms with Gasteiger partial charge < -0.3 is 4.90 Å². The minimum absolute atomic E-state index is 0.587. The summed E-state index contributed by atoms with van der Waals surface area (Å²) < 4.78 is 0. The van der Waals surface area contributed by atoms with E-state index >= 15 is 0 Å². The number of hydrogen-bond donors (Lipinski definition) is 0. The molecule has 0 amide bonds. The van der Waals surface area contributed by atoms with Crippen molar-refractivity contribution >= 4 is 17.4 Å². The molecule has 1 aliphatic carbocycles. The molecule has 1 aliphatic rings. The second kappa shape index (κ2) is 5.21. The van der Waals surface area contributed by atoms with Gasteiger partial charge in [0.15, 0.2) is 0 Å². The van der Waals surface area contributed by atoms with Crippen LogP contribution in [0.5, 0.6) is 0 Å². The second-order valence-electron chi connectivity index (χ2n) is 4.90. The lowest BCUT2D eigenvalue weighted by molar-refractivity contribution is 0.693. The Morgan fingerprint density at radius 1 is 1.29 bits per heavy atom. The molecule has 0 spiro atoms. The maximum Gasteiger partial charge on any atom is 0.137 e. The highest BCUT2D eigenvalue weighted by atomic mass is 35.5. The van der Waals surface area contributed by atoms with Gasteiger partial charge in [0, 0.05) is 18.7 Å². The van der Waals surface area contributed by atoms with Gasteiger partial charge in [-0.15, -0.1) is 0 Å². The Morgan fingerprint density at radius 3 is 2.59 bits per heavy atom. The van der Waals surface area contributed by atoms with Gasteiger partial charge in [-0.3, -0.25) is 0 Å². The number of aromatic nitrogens is 2. The van der Waals surface area contributed by atoms with Gasteiger partial charge in [0.2, 0.25) is 0 Å². The van der Waals surface area contributed by atoms with E-state index in [9.17, 15) is 0 Å². The fourth-order valence-corrected chi connectivity index (χ4v) is 2.26. The number of aryl methyl sites for hydroxylation is 1. The molecule has 0 bridgehead atoms. The smallest absolute Gasteiger partial charge is 0.137 e. The Bertz CT molecular complexity index is 402. The number of anilines is 1. The molecule has 1 aromatic heterocycles. The van der Waals surface area contributed by atoms with E-state index in [1.54, 1.807) is 0 Å². The molecular formula is C13H20ClN3. The summed E-state index contributed by atoms with van der Waals surface area (Å²) in [6, 6.07) is 0.